The summed E-state index contributed by atoms with van der Waals surface area (Å²) in [6.07, 6.45) is 4.23. The maximum absolute atomic E-state index is 12.5. The summed E-state index contributed by atoms with van der Waals surface area (Å²) in [5.74, 6) is -0.503. The summed E-state index contributed by atoms with van der Waals surface area (Å²) in [5, 5.41) is 10.2. The fraction of sp³-hybridized carbons (Fsp3) is 0.238. The second kappa shape index (κ2) is 7.16. The highest BCUT2D eigenvalue weighted by atomic mass is 16.6. The number of nitriles is 1. The maximum Gasteiger partial charge on any atom is 0.419 e. The number of hydrogen-bond donors (Lipinski definition) is 0. The van der Waals surface area contributed by atoms with Gasteiger partial charge in [0.25, 0.3) is 0 Å². The van der Waals surface area contributed by atoms with Crippen molar-refractivity contribution in [3.05, 3.63) is 54.0 Å². The number of rotatable bonds is 2. The lowest BCUT2D eigenvalue weighted by Gasteiger charge is -2.19. The summed E-state index contributed by atoms with van der Waals surface area (Å²) in [7, 11) is 1.30. The summed E-state index contributed by atoms with van der Waals surface area (Å²) in [6.45, 7) is 5.37. The van der Waals surface area contributed by atoms with E-state index in [1.165, 1.54) is 17.7 Å². The fourth-order valence-electron chi connectivity index (χ4n) is 2.85. The number of esters is 1. The van der Waals surface area contributed by atoms with Crippen molar-refractivity contribution in [2.75, 3.05) is 7.11 Å². The topological polar surface area (TPSA) is 94.2 Å². The van der Waals surface area contributed by atoms with Crippen LogP contribution >= 0.6 is 0 Å². The van der Waals surface area contributed by atoms with Crippen LogP contribution in [-0.4, -0.2) is 34.3 Å². The Labute approximate surface area is 162 Å². The SMILES string of the molecule is COC(=O)c1ccc(C#N)c(-c2cncc3c2ccn3C(=O)OC(C)(C)C)c1. The number of aromatic nitrogens is 2. The molecule has 28 heavy (non-hydrogen) atoms. The minimum Gasteiger partial charge on any atom is -0.465 e. The zero-order valence-electron chi connectivity index (χ0n) is 16.0. The van der Waals surface area contributed by atoms with E-state index in [1.807, 2.05) is 0 Å². The molecule has 2 aromatic heterocycles. The number of benzene rings is 1. The van der Waals surface area contributed by atoms with Gasteiger partial charge in [0.2, 0.25) is 0 Å². The molecule has 0 atom stereocenters. The first-order valence-corrected chi connectivity index (χ1v) is 8.56. The Hall–Kier alpha value is -3.66. The number of carbonyl (C=O) groups is 2. The van der Waals surface area contributed by atoms with Gasteiger partial charge in [-0.2, -0.15) is 5.26 Å². The molecular formula is C21H19N3O4. The van der Waals surface area contributed by atoms with Crippen molar-refractivity contribution in [1.82, 2.24) is 9.55 Å². The predicted molar refractivity (Wildman–Crippen MR) is 103 cm³/mol. The number of hydrogen-bond acceptors (Lipinski definition) is 6. The van der Waals surface area contributed by atoms with E-state index < -0.39 is 17.7 Å². The third-order valence-electron chi connectivity index (χ3n) is 4.06. The Morgan fingerprint density at radius 1 is 1.14 bits per heavy atom. The molecule has 0 bridgehead atoms. The second-order valence-electron chi connectivity index (χ2n) is 7.15. The number of ether oxygens (including phenoxy) is 2. The van der Waals surface area contributed by atoms with Crippen LogP contribution in [0.4, 0.5) is 4.79 Å². The van der Waals surface area contributed by atoms with Gasteiger partial charge in [0.15, 0.2) is 0 Å². The fourth-order valence-corrected chi connectivity index (χ4v) is 2.85. The summed E-state index contributed by atoms with van der Waals surface area (Å²) < 4.78 is 11.6. The zero-order valence-corrected chi connectivity index (χ0v) is 16.0. The van der Waals surface area contributed by atoms with Crippen LogP contribution in [0.15, 0.2) is 42.9 Å². The van der Waals surface area contributed by atoms with Gasteiger partial charge in [-0.25, -0.2) is 9.59 Å². The third-order valence-corrected chi connectivity index (χ3v) is 4.06. The maximum atomic E-state index is 12.5. The summed E-state index contributed by atoms with van der Waals surface area (Å²) in [6, 6.07) is 8.56. The average Bonchev–Trinajstić information content (AvgIpc) is 3.10. The highest BCUT2D eigenvalue weighted by molar-refractivity contribution is 6.01. The van der Waals surface area contributed by atoms with E-state index in [1.54, 1.807) is 57.6 Å². The van der Waals surface area contributed by atoms with E-state index in [2.05, 4.69) is 11.1 Å². The van der Waals surface area contributed by atoms with Gasteiger partial charge in [0.1, 0.15) is 5.60 Å². The highest BCUT2D eigenvalue weighted by Crippen LogP contribution is 2.32. The smallest absolute Gasteiger partial charge is 0.419 e. The molecule has 0 spiro atoms. The second-order valence-corrected chi connectivity index (χ2v) is 7.15. The van der Waals surface area contributed by atoms with Gasteiger partial charge < -0.3 is 9.47 Å². The van der Waals surface area contributed by atoms with E-state index >= 15 is 0 Å². The first-order chi connectivity index (χ1) is 13.2. The first-order valence-electron chi connectivity index (χ1n) is 8.56. The number of methoxy groups -OCH3 is 1. The molecule has 2 heterocycles. The lowest BCUT2D eigenvalue weighted by Crippen LogP contribution is -2.26. The van der Waals surface area contributed by atoms with Gasteiger partial charge in [-0.05, 0) is 45.0 Å². The Kier molecular flexibility index (Phi) is 4.89. The number of fused-ring (bicyclic) bond motifs is 1. The van der Waals surface area contributed by atoms with Gasteiger partial charge in [0, 0.05) is 28.9 Å². The Morgan fingerprint density at radius 3 is 2.54 bits per heavy atom. The van der Waals surface area contributed by atoms with E-state index in [-0.39, 0.29) is 0 Å². The van der Waals surface area contributed by atoms with Crippen molar-refractivity contribution in [2.45, 2.75) is 26.4 Å². The van der Waals surface area contributed by atoms with Crippen LogP contribution in [0.25, 0.3) is 22.0 Å². The zero-order chi connectivity index (χ0) is 20.5. The lowest BCUT2D eigenvalue weighted by molar-refractivity contribution is 0.0542. The molecule has 0 amide bonds. The molecule has 0 saturated heterocycles. The van der Waals surface area contributed by atoms with Gasteiger partial charge in [-0.3, -0.25) is 9.55 Å². The van der Waals surface area contributed by atoms with Crippen LogP contribution in [0.5, 0.6) is 0 Å². The standard InChI is InChI=1S/C21H19N3O4/c1-21(2,3)28-20(26)24-8-7-15-17(11-23-12-18(15)24)16-9-13(19(25)27-4)5-6-14(16)10-22/h5-9,11-12H,1-4H3. The molecule has 0 radical (unpaired) electrons. The molecular weight excluding hydrogens is 358 g/mol. The normalized spacial score (nSPS) is 11.1. The molecule has 1 aromatic carbocycles. The van der Waals surface area contributed by atoms with Gasteiger partial charge >= 0.3 is 12.1 Å². The molecule has 0 aliphatic rings. The number of pyridine rings is 1. The van der Waals surface area contributed by atoms with Gasteiger partial charge in [-0.15, -0.1) is 0 Å². The van der Waals surface area contributed by atoms with Crippen molar-refractivity contribution in [3.63, 3.8) is 0 Å². The molecule has 0 fully saturated rings. The minimum atomic E-state index is -0.637. The molecule has 7 nitrogen and oxygen atoms in total. The Bertz CT molecular complexity index is 1120. The van der Waals surface area contributed by atoms with Crippen LogP contribution < -0.4 is 0 Å². The van der Waals surface area contributed by atoms with Crippen molar-refractivity contribution in [1.29, 1.82) is 5.26 Å². The van der Waals surface area contributed by atoms with Crippen molar-refractivity contribution < 1.29 is 19.1 Å². The quantitative estimate of drug-likeness (QED) is 0.623. The van der Waals surface area contributed by atoms with Crippen LogP contribution in [0.1, 0.15) is 36.7 Å². The Balaban J connectivity index is 2.17. The highest BCUT2D eigenvalue weighted by Gasteiger charge is 2.21. The van der Waals surface area contributed by atoms with E-state index in [4.69, 9.17) is 9.47 Å². The van der Waals surface area contributed by atoms with Crippen LogP contribution in [0.2, 0.25) is 0 Å². The molecule has 142 valence electrons. The minimum absolute atomic E-state index is 0.320. The lowest BCUT2D eigenvalue weighted by atomic mass is 9.97. The van der Waals surface area contributed by atoms with E-state index in [0.29, 0.717) is 33.2 Å². The van der Waals surface area contributed by atoms with Crippen LogP contribution in [0, 0.1) is 11.3 Å². The van der Waals surface area contributed by atoms with E-state index in [0.717, 1.165) is 0 Å². The summed E-state index contributed by atoms with van der Waals surface area (Å²) in [5.41, 5.74) is 1.76. The van der Waals surface area contributed by atoms with Crippen molar-refractivity contribution in [3.8, 4) is 17.2 Å². The summed E-state index contributed by atoms with van der Waals surface area (Å²) >= 11 is 0. The average molecular weight is 377 g/mol. The van der Waals surface area contributed by atoms with Crippen LogP contribution in [-0.2, 0) is 9.47 Å². The molecule has 0 aliphatic heterocycles. The molecule has 3 rings (SSSR count). The molecule has 0 saturated carbocycles. The monoisotopic (exact) mass is 377 g/mol. The first kappa shape index (κ1) is 19.1. The summed E-state index contributed by atoms with van der Waals surface area (Å²) in [4.78, 5) is 28.6. The largest absolute Gasteiger partial charge is 0.465 e. The molecule has 0 unspecified atom stereocenters. The molecule has 7 heteroatoms. The Morgan fingerprint density at radius 2 is 1.89 bits per heavy atom. The molecule has 0 aliphatic carbocycles. The number of carbonyl (C=O) groups excluding carboxylic acids is 2. The van der Waals surface area contributed by atoms with Gasteiger partial charge in [-0.1, -0.05) is 0 Å². The van der Waals surface area contributed by atoms with Crippen molar-refractivity contribution in [2.24, 2.45) is 0 Å². The molecule has 3 aromatic rings. The van der Waals surface area contributed by atoms with Crippen molar-refractivity contribution >= 4 is 23.0 Å². The van der Waals surface area contributed by atoms with Crippen LogP contribution in [0.3, 0.4) is 0 Å². The predicted octanol–water partition coefficient (Wildman–Crippen LogP) is 4.14. The van der Waals surface area contributed by atoms with Gasteiger partial charge in [0.05, 0.1) is 36.0 Å². The van der Waals surface area contributed by atoms with E-state index in [9.17, 15) is 14.9 Å². The molecule has 0 N–H and O–H groups in total. The third kappa shape index (κ3) is 3.58. The number of nitrogens with zero attached hydrogens (tertiary/aromatic N) is 3.